The van der Waals surface area contributed by atoms with Crippen LogP contribution in [0.3, 0.4) is 0 Å². The summed E-state index contributed by atoms with van der Waals surface area (Å²) in [5.74, 6) is 0. The number of aldehydes is 1. The zero-order chi connectivity index (χ0) is 8.11. The highest BCUT2D eigenvalue weighted by Gasteiger charge is 2.68. The van der Waals surface area contributed by atoms with Crippen LogP contribution in [0.5, 0.6) is 0 Å². The van der Waals surface area contributed by atoms with E-state index in [4.69, 9.17) is 4.74 Å². The lowest BCUT2D eigenvalue weighted by Gasteiger charge is -2.16. The Hall–Kier alpha value is -0.630. The Morgan fingerprint density at radius 2 is 2.45 bits per heavy atom. The number of rotatable bonds is 1. The van der Waals surface area contributed by atoms with Crippen molar-refractivity contribution in [3.05, 3.63) is 11.6 Å². The number of hydrogen-bond donors (Lipinski definition) is 0. The molecule has 0 saturated carbocycles. The van der Waals surface area contributed by atoms with E-state index in [1.54, 1.807) is 0 Å². The molecule has 0 aromatic heterocycles. The zero-order valence-corrected chi connectivity index (χ0v) is 6.89. The first-order valence-corrected chi connectivity index (χ1v) is 3.98. The molecule has 1 heterocycles. The zero-order valence-electron chi connectivity index (χ0n) is 6.89. The van der Waals surface area contributed by atoms with E-state index in [9.17, 15) is 4.79 Å². The van der Waals surface area contributed by atoms with Crippen molar-refractivity contribution >= 4 is 6.29 Å². The van der Waals surface area contributed by atoms with Crippen LogP contribution < -0.4 is 0 Å². The van der Waals surface area contributed by atoms with Gasteiger partial charge in [-0.2, -0.15) is 0 Å². The first-order chi connectivity index (χ1) is 5.15. The highest BCUT2D eigenvalue weighted by atomic mass is 16.6. The van der Waals surface area contributed by atoms with Crippen LogP contribution in [0.15, 0.2) is 11.6 Å². The van der Waals surface area contributed by atoms with Gasteiger partial charge in [-0.05, 0) is 32.3 Å². The Balaban J connectivity index is 2.41. The van der Waals surface area contributed by atoms with Crippen LogP contribution in [0.2, 0.25) is 0 Å². The summed E-state index contributed by atoms with van der Waals surface area (Å²) < 4.78 is 5.48. The van der Waals surface area contributed by atoms with Gasteiger partial charge in [-0.25, -0.2) is 0 Å². The number of hydrogen-bond acceptors (Lipinski definition) is 2. The second kappa shape index (κ2) is 1.75. The van der Waals surface area contributed by atoms with E-state index in [2.05, 4.69) is 6.08 Å². The van der Waals surface area contributed by atoms with E-state index in [0.29, 0.717) is 0 Å². The second-order valence-corrected chi connectivity index (χ2v) is 3.61. The number of allylic oxidation sites excluding steroid dienone is 1. The van der Waals surface area contributed by atoms with Crippen LogP contribution >= 0.6 is 0 Å². The second-order valence-electron chi connectivity index (χ2n) is 3.61. The van der Waals surface area contributed by atoms with Crippen molar-refractivity contribution < 1.29 is 9.53 Å². The highest BCUT2D eigenvalue weighted by molar-refractivity contribution is 5.76. The maximum absolute atomic E-state index is 10.8. The van der Waals surface area contributed by atoms with Crippen LogP contribution in [0.4, 0.5) is 0 Å². The van der Waals surface area contributed by atoms with Gasteiger partial charge in [0.1, 0.15) is 5.60 Å². The SMILES string of the molecule is CC1=CCCC2(C)OC12C=O. The van der Waals surface area contributed by atoms with Crippen molar-refractivity contribution in [1.82, 2.24) is 0 Å². The van der Waals surface area contributed by atoms with Gasteiger partial charge in [0, 0.05) is 0 Å². The third kappa shape index (κ3) is 0.632. The Labute approximate surface area is 66.2 Å². The molecule has 2 atom stereocenters. The third-order valence-electron chi connectivity index (χ3n) is 2.95. The monoisotopic (exact) mass is 152 g/mol. The molecule has 2 nitrogen and oxygen atoms in total. The fraction of sp³-hybridized carbons (Fsp3) is 0.667. The van der Waals surface area contributed by atoms with Gasteiger partial charge < -0.3 is 4.74 Å². The van der Waals surface area contributed by atoms with Gasteiger partial charge >= 0.3 is 0 Å². The Bertz CT molecular complexity index is 244. The van der Waals surface area contributed by atoms with Crippen LogP contribution in [0, 0.1) is 0 Å². The summed E-state index contributed by atoms with van der Waals surface area (Å²) in [6.07, 6.45) is 5.06. The largest absolute Gasteiger partial charge is 0.350 e. The maximum Gasteiger partial charge on any atom is 0.173 e. The summed E-state index contributed by atoms with van der Waals surface area (Å²) in [6, 6.07) is 0. The molecule has 2 unspecified atom stereocenters. The van der Waals surface area contributed by atoms with Crippen molar-refractivity contribution in [3.8, 4) is 0 Å². The van der Waals surface area contributed by atoms with Gasteiger partial charge in [-0.3, -0.25) is 4.79 Å². The Kier molecular flexibility index (Phi) is 1.12. The molecular formula is C9H12O2. The predicted molar refractivity (Wildman–Crippen MR) is 41.3 cm³/mol. The molecule has 2 heteroatoms. The molecule has 0 aromatic carbocycles. The smallest absolute Gasteiger partial charge is 0.173 e. The summed E-state index contributed by atoms with van der Waals surface area (Å²) in [5, 5.41) is 0. The van der Waals surface area contributed by atoms with Crippen molar-refractivity contribution in [2.24, 2.45) is 0 Å². The molecule has 0 N–H and O–H groups in total. The van der Waals surface area contributed by atoms with E-state index in [1.807, 2.05) is 13.8 Å². The lowest BCUT2D eigenvalue weighted by molar-refractivity contribution is -0.111. The molecule has 1 fully saturated rings. The van der Waals surface area contributed by atoms with Gasteiger partial charge in [-0.1, -0.05) is 6.08 Å². The van der Waals surface area contributed by atoms with E-state index in [0.717, 1.165) is 24.7 Å². The molecule has 0 amide bonds. The average Bonchev–Trinajstić information content (AvgIpc) is 2.59. The van der Waals surface area contributed by atoms with Crippen LogP contribution in [-0.4, -0.2) is 17.5 Å². The Morgan fingerprint density at radius 1 is 1.73 bits per heavy atom. The summed E-state index contributed by atoms with van der Waals surface area (Å²) in [7, 11) is 0. The van der Waals surface area contributed by atoms with Gasteiger partial charge in [0.2, 0.25) is 0 Å². The molecule has 2 rings (SSSR count). The average molecular weight is 152 g/mol. The van der Waals surface area contributed by atoms with E-state index in [-0.39, 0.29) is 5.60 Å². The molecule has 0 spiro atoms. The van der Waals surface area contributed by atoms with Crippen molar-refractivity contribution in [2.45, 2.75) is 37.9 Å². The van der Waals surface area contributed by atoms with Crippen LogP contribution in [-0.2, 0) is 9.53 Å². The molecular weight excluding hydrogens is 140 g/mol. The van der Waals surface area contributed by atoms with E-state index >= 15 is 0 Å². The first-order valence-electron chi connectivity index (χ1n) is 3.98. The minimum absolute atomic E-state index is 0.173. The third-order valence-corrected chi connectivity index (χ3v) is 2.95. The number of epoxide rings is 1. The normalized spacial score (nSPS) is 47.6. The molecule has 1 aliphatic heterocycles. The number of fused-ring (bicyclic) bond motifs is 1. The fourth-order valence-electron chi connectivity index (χ4n) is 2.02. The molecule has 60 valence electrons. The summed E-state index contributed by atoms with van der Waals surface area (Å²) in [6.45, 7) is 3.98. The minimum Gasteiger partial charge on any atom is -0.350 e. The van der Waals surface area contributed by atoms with Gasteiger partial charge in [-0.15, -0.1) is 0 Å². The molecule has 1 saturated heterocycles. The number of carbonyl (C=O) groups is 1. The maximum atomic E-state index is 10.8. The fourth-order valence-corrected chi connectivity index (χ4v) is 2.02. The number of ether oxygens (including phenoxy) is 1. The van der Waals surface area contributed by atoms with Crippen LogP contribution in [0.25, 0.3) is 0 Å². The van der Waals surface area contributed by atoms with Crippen molar-refractivity contribution in [2.75, 3.05) is 0 Å². The molecule has 0 bridgehead atoms. The minimum atomic E-state index is -0.536. The summed E-state index contributed by atoms with van der Waals surface area (Å²) in [5.41, 5.74) is 0.375. The van der Waals surface area contributed by atoms with E-state index < -0.39 is 5.60 Å². The molecule has 0 radical (unpaired) electrons. The van der Waals surface area contributed by atoms with Gasteiger partial charge in [0.25, 0.3) is 0 Å². The van der Waals surface area contributed by atoms with Crippen molar-refractivity contribution in [3.63, 3.8) is 0 Å². The number of carbonyl (C=O) groups excluding carboxylic acids is 1. The topological polar surface area (TPSA) is 29.6 Å². The lowest BCUT2D eigenvalue weighted by Crippen LogP contribution is -2.28. The molecule has 0 aromatic rings. The lowest BCUT2D eigenvalue weighted by atomic mass is 9.81. The summed E-state index contributed by atoms with van der Waals surface area (Å²) >= 11 is 0. The van der Waals surface area contributed by atoms with Crippen molar-refractivity contribution in [1.29, 1.82) is 0 Å². The van der Waals surface area contributed by atoms with Crippen LogP contribution in [0.1, 0.15) is 26.7 Å². The Morgan fingerprint density at radius 3 is 2.91 bits per heavy atom. The summed E-state index contributed by atoms with van der Waals surface area (Å²) in [4.78, 5) is 10.8. The van der Waals surface area contributed by atoms with Gasteiger partial charge in [0.05, 0.1) is 0 Å². The highest BCUT2D eigenvalue weighted by Crippen LogP contribution is 2.56. The van der Waals surface area contributed by atoms with E-state index in [1.165, 1.54) is 0 Å². The predicted octanol–water partition coefficient (Wildman–Crippen LogP) is 1.45. The molecule has 2 aliphatic rings. The quantitative estimate of drug-likeness (QED) is 0.323. The molecule has 1 aliphatic carbocycles. The molecule has 11 heavy (non-hydrogen) atoms. The van der Waals surface area contributed by atoms with Gasteiger partial charge in [0.15, 0.2) is 11.9 Å². The first kappa shape index (κ1) is 7.04. The standard InChI is InChI=1S/C9H12O2/c1-7-4-3-5-8(2)9(7,6-10)11-8/h4,6H,3,5H2,1-2H3.